The van der Waals surface area contributed by atoms with Gasteiger partial charge in [-0.2, -0.15) is 0 Å². The molecule has 0 radical (unpaired) electrons. The number of unbranched alkanes of at least 4 members (excludes halogenated alkanes) is 3. The molecule has 0 spiro atoms. The van der Waals surface area contributed by atoms with E-state index in [1.807, 2.05) is 0 Å². The van der Waals surface area contributed by atoms with Crippen LogP contribution in [0.2, 0.25) is 0 Å². The van der Waals surface area contributed by atoms with Crippen molar-refractivity contribution in [1.29, 1.82) is 0 Å². The highest BCUT2D eigenvalue weighted by Gasteiger charge is 2.02. The van der Waals surface area contributed by atoms with E-state index >= 15 is 0 Å². The van der Waals surface area contributed by atoms with Crippen LogP contribution in [0, 0.1) is 0 Å². The lowest BCUT2D eigenvalue weighted by Crippen LogP contribution is -2.39. The van der Waals surface area contributed by atoms with E-state index in [1.54, 1.807) is 7.05 Å². The SMILES string of the molecule is CCCCCCNC(=NC)NCCS(C)(=O)=O. The summed E-state index contributed by atoms with van der Waals surface area (Å²) in [4.78, 5) is 4.03. The number of aliphatic imine (C=N–C) groups is 1. The Morgan fingerprint density at radius 2 is 1.76 bits per heavy atom. The van der Waals surface area contributed by atoms with Gasteiger partial charge in [0.1, 0.15) is 9.84 Å². The molecule has 0 aromatic heterocycles. The zero-order valence-corrected chi connectivity index (χ0v) is 11.9. The summed E-state index contributed by atoms with van der Waals surface area (Å²) in [5.41, 5.74) is 0. The summed E-state index contributed by atoms with van der Waals surface area (Å²) in [5, 5.41) is 6.14. The maximum atomic E-state index is 10.9. The Bertz CT molecular complexity index is 313. The molecule has 0 unspecified atom stereocenters. The Kier molecular flexibility index (Phi) is 8.85. The second-order valence-corrected chi connectivity index (χ2v) is 6.38. The highest BCUT2D eigenvalue weighted by atomic mass is 32.2. The van der Waals surface area contributed by atoms with E-state index in [4.69, 9.17) is 0 Å². The Morgan fingerprint density at radius 3 is 2.29 bits per heavy atom. The molecule has 0 aromatic rings. The Balaban J connectivity index is 3.64. The predicted molar refractivity (Wildman–Crippen MR) is 73.2 cm³/mol. The maximum Gasteiger partial charge on any atom is 0.191 e. The van der Waals surface area contributed by atoms with E-state index in [0.29, 0.717) is 12.5 Å². The fourth-order valence-electron chi connectivity index (χ4n) is 1.33. The summed E-state index contributed by atoms with van der Waals surface area (Å²) in [7, 11) is -1.22. The largest absolute Gasteiger partial charge is 0.356 e. The monoisotopic (exact) mass is 263 g/mol. The molecule has 6 heteroatoms. The van der Waals surface area contributed by atoms with Crippen LogP contribution in [0.4, 0.5) is 0 Å². The molecule has 17 heavy (non-hydrogen) atoms. The zero-order chi connectivity index (χ0) is 13.1. The van der Waals surface area contributed by atoms with Crippen molar-refractivity contribution in [3.63, 3.8) is 0 Å². The van der Waals surface area contributed by atoms with Crippen molar-refractivity contribution in [3.05, 3.63) is 0 Å². The number of nitrogens with one attached hydrogen (secondary N) is 2. The highest BCUT2D eigenvalue weighted by molar-refractivity contribution is 7.90. The van der Waals surface area contributed by atoms with Crippen LogP contribution >= 0.6 is 0 Å². The first kappa shape index (κ1) is 16.2. The van der Waals surface area contributed by atoms with Gasteiger partial charge in [0.15, 0.2) is 5.96 Å². The van der Waals surface area contributed by atoms with Crippen LogP contribution in [0.1, 0.15) is 32.6 Å². The fourth-order valence-corrected chi connectivity index (χ4v) is 1.81. The minimum absolute atomic E-state index is 0.129. The summed E-state index contributed by atoms with van der Waals surface area (Å²) < 4.78 is 21.9. The van der Waals surface area contributed by atoms with E-state index in [2.05, 4.69) is 22.5 Å². The van der Waals surface area contributed by atoms with Crippen molar-refractivity contribution in [2.45, 2.75) is 32.6 Å². The first-order valence-corrected chi connectivity index (χ1v) is 8.18. The summed E-state index contributed by atoms with van der Waals surface area (Å²) in [6.07, 6.45) is 6.03. The molecule has 102 valence electrons. The molecule has 2 N–H and O–H groups in total. The van der Waals surface area contributed by atoms with Crippen molar-refractivity contribution in [2.24, 2.45) is 4.99 Å². The minimum Gasteiger partial charge on any atom is -0.356 e. The summed E-state index contributed by atoms with van der Waals surface area (Å²) in [6, 6.07) is 0. The Hall–Kier alpha value is -0.780. The topological polar surface area (TPSA) is 70.6 Å². The van der Waals surface area contributed by atoms with Gasteiger partial charge in [-0.15, -0.1) is 0 Å². The molecular weight excluding hydrogens is 238 g/mol. The van der Waals surface area contributed by atoms with Gasteiger partial charge in [0.05, 0.1) is 5.75 Å². The van der Waals surface area contributed by atoms with E-state index in [0.717, 1.165) is 13.0 Å². The highest BCUT2D eigenvalue weighted by Crippen LogP contribution is 1.96. The van der Waals surface area contributed by atoms with Gasteiger partial charge >= 0.3 is 0 Å². The van der Waals surface area contributed by atoms with Gasteiger partial charge in [-0.05, 0) is 6.42 Å². The molecule has 0 amide bonds. The van der Waals surface area contributed by atoms with Gasteiger partial charge in [-0.25, -0.2) is 8.42 Å². The van der Waals surface area contributed by atoms with Crippen LogP contribution in [0.5, 0.6) is 0 Å². The van der Waals surface area contributed by atoms with Crippen LogP contribution in [0.15, 0.2) is 4.99 Å². The number of sulfone groups is 1. The molecule has 0 fully saturated rings. The van der Waals surface area contributed by atoms with Gasteiger partial charge in [-0.3, -0.25) is 4.99 Å². The zero-order valence-electron chi connectivity index (χ0n) is 11.1. The number of rotatable bonds is 8. The molecule has 0 aliphatic carbocycles. The third-order valence-corrected chi connectivity index (χ3v) is 3.26. The number of hydrogen-bond donors (Lipinski definition) is 2. The van der Waals surface area contributed by atoms with Crippen LogP contribution in [-0.4, -0.2) is 46.5 Å². The van der Waals surface area contributed by atoms with Gasteiger partial charge in [-0.1, -0.05) is 26.2 Å². The smallest absolute Gasteiger partial charge is 0.191 e. The maximum absolute atomic E-state index is 10.9. The molecule has 0 aliphatic heterocycles. The van der Waals surface area contributed by atoms with E-state index in [-0.39, 0.29) is 5.75 Å². The van der Waals surface area contributed by atoms with Crippen molar-refractivity contribution in [2.75, 3.05) is 32.1 Å². The van der Waals surface area contributed by atoms with Crippen LogP contribution in [-0.2, 0) is 9.84 Å². The molecule has 0 rings (SSSR count). The third kappa shape index (κ3) is 11.5. The van der Waals surface area contributed by atoms with E-state index in [1.165, 1.54) is 25.5 Å². The molecule has 0 atom stereocenters. The standard InChI is InChI=1S/C11H25N3O2S/c1-4-5-6-7-8-13-11(12-2)14-9-10-17(3,15)16/h4-10H2,1-3H3,(H2,12,13,14). The summed E-state index contributed by atoms with van der Waals surface area (Å²) in [5.74, 6) is 0.800. The van der Waals surface area contributed by atoms with Crippen molar-refractivity contribution in [3.8, 4) is 0 Å². The molecule has 0 aliphatic rings. The molecule has 0 saturated heterocycles. The van der Waals surface area contributed by atoms with E-state index < -0.39 is 9.84 Å². The predicted octanol–water partition coefficient (Wildman–Crippen LogP) is 0.776. The molecule has 0 saturated carbocycles. The summed E-state index contributed by atoms with van der Waals surface area (Å²) >= 11 is 0. The Morgan fingerprint density at radius 1 is 1.12 bits per heavy atom. The third-order valence-electron chi connectivity index (χ3n) is 2.31. The van der Waals surface area contributed by atoms with Crippen molar-refractivity contribution in [1.82, 2.24) is 10.6 Å². The van der Waals surface area contributed by atoms with Crippen LogP contribution in [0.25, 0.3) is 0 Å². The quantitative estimate of drug-likeness (QED) is 0.386. The van der Waals surface area contributed by atoms with Crippen molar-refractivity contribution < 1.29 is 8.42 Å². The second kappa shape index (κ2) is 9.27. The van der Waals surface area contributed by atoms with Gasteiger partial charge in [0, 0.05) is 26.4 Å². The van der Waals surface area contributed by atoms with Crippen molar-refractivity contribution >= 4 is 15.8 Å². The van der Waals surface area contributed by atoms with Gasteiger partial charge in [0.2, 0.25) is 0 Å². The van der Waals surface area contributed by atoms with Gasteiger partial charge in [0.25, 0.3) is 0 Å². The average Bonchev–Trinajstić information content (AvgIpc) is 2.25. The van der Waals surface area contributed by atoms with Gasteiger partial charge < -0.3 is 10.6 Å². The number of hydrogen-bond acceptors (Lipinski definition) is 3. The van der Waals surface area contributed by atoms with Crippen LogP contribution in [0.3, 0.4) is 0 Å². The van der Waals surface area contributed by atoms with E-state index in [9.17, 15) is 8.42 Å². The normalized spacial score (nSPS) is 12.5. The molecule has 0 aromatic carbocycles. The lowest BCUT2D eigenvalue weighted by molar-refractivity contribution is 0.600. The lowest BCUT2D eigenvalue weighted by Gasteiger charge is -2.11. The average molecular weight is 263 g/mol. The molecule has 0 heterocycles. The molecule has 5 nitrogen and oxygen atoms in total. The molecule has 0 bridgehead atoms. The first-order valence-electron chi connectivity index (χ1n) is 6.12. The molecular formula is C11H25N3O2S. The Labute approximate surface area is 105 Å². The number of nitrogens with zero attached hydrogens (tertiary/aromatic N) is 1. The van der Waals surface area contributed by atoms with Crippen LogP contribution < -0.4 is 10.6 Å². The summed E-state index contributed by atoms with van der Waals surface area (Å²) in [6.45, 7) is 3.45. The lowest BCUT2D eigenvalue weighted by atomic mass is 10.2. The first-order chi connectivity index (χ1) is 7.99. The number of guanidine groups is 1. The minimum atomic E-state index is -2.91. The second-order valence-electron chi connectivity index (χ2n) is 4.12. The fraction of sp³-hybridized carbons (Fsp3) is 0.909.